The Bertz CT molecular complexity index is 451. The minimum Gasteiger partial charge on any atom is -0.479 e. The molecule has 0 amide bonds. The summed E-state index contributed by atoms with van der Waals surface area (Å²) in [5, 5.41) is 11.8. The number of carboxylic acid groups (broad SMARTS) is 1. The summed E-state index contributed by atoms with van der Waals surface area (Å²) in [7, 11) is -2.44. The van der Waals surface area contributed by atoms with E-state index in [2.05, 4.69) is 9.94 Å². The van der Waals surface area contributed by atoms with Gasteiger partial charge in [0.15, 0.2) is 11.6 Å². The number of aromatic nitrogens is 2. The van der Waals surface area contributed by atoms with Crippen molar-refractivity contribution in [1.82, 2.24) is 14.7 Å². The lowest BCUT2D eigenvalue weighted by atomic mass is 10.7. The summed E-state index contributed by atoms with van der Waals surface area (Å²) >= 11 is 0. The number of nitrogens with one attached hydrogen (secondary N) is 1. The molecule has 0 bridgehead atoms. The number of hydrogen-bond acceptors (Lipinski definition) is 5. The third-order valence-electron chi connectivity index (χ3n) is 1.42. The second kappa shape index (κ2) is 4.38. The topological polar surface area (TPSA) is 111 Å². The number of carbonyl (C=O) groups is 1. The van der Waals surface area contributed by atoms with Gasteiger partial charge in [-0.3, -0.25) is 9.52 Å². The van der Waals surface area contributed by atoms with Crippen LogP contribution in [0, 0.1) is 0 Å². The Morgan fingerprint density at radius 2 is 2.40 bits per heavy atom. The number of aryl methyl sites for hydroxylation is 1. The Hall–Kier alpha value is -1.45. The third-order valence-corrected chi connectivity index (χ3v) is 2.70. The van der Waals surface area contributed by atoms with Crippen molar-refractivity contribution < 1.29 is 23.2 Å². The van der Waals surface area contributed by atoms with Crippen molar-refractivity contribution in [3.63, 3.8) is 0 Å². The molecule has 8 nitrogen and oxygen atoms in total. The highest BCUT2D eigenvalue weighted by atomic mass is 32.2. The first-order valence-electron chi connectivity index (χ1n) is 3.77. The molecule has 1 heterocycles. The van der Waals surface area contributed by atoms with Crippen molar-refractivity contribution >= 4 is 16.0 Å². The van der Waals surface area contributed by atoms with E-state index in [1.165, 1.54) is 19.3 Å². The Balaban J connectivity index is 2.69. The zero-order valence-electron chi connectivity index (χ0n) is 7.74. The molecule has 2 N–H and O–H groups in total. The van der Waals surface area contributed by atoms with Crippen LogP contribution in [-0.2, 0) is 26.7 Å². The minimum atomic E-state index is -3.88. The summed E-state index contributed by atoms with van der Waals surface area (Å²) in [4.78, 5) is 16.0. The molecule has 84 valence electrons. The summed E-state index contributed by atoms with van der Waals surface area (Å²) in [6, 6.07) is 1.26. The van der Waals surface area contributed by atoms with E-state index in [1.807, 2.05) is 0 Å². The number of sulfonamides is 1. The molecule has 9 heteroatoms. The average Bonchev–Trinajstić information content (AvgIpc) is 2.50. The lowest BCUT2D eigenvalue weighted by Crippen LogP contribution is -2.28. The Morgan fingerprint density at radius 1 is 1.73 bits per heavy atom. The maximum atomic E-state index is 11.4. The Morgan fingerprint density at radius 3 is 2.87 bits per heavy atom. The van der Waals surface area contributed by atoms with Gasteiger partial charge in [0.25, 0.3) is 10.0 Å². The van der Waals surface area contributed by atoms with Crippen LogP contribution in [0.1, 0.15) is 0 Å². The highest BCUT2D eigenvalue weighted by Crippen LogP contribution is 2.05. The molecule has 0 aliphatic carbocycles. The molecule has 0 fully saturated rings. The minimum absolute atomic E-state index is 0.118. The van der Waals surface area contributed by atoms with Gasteiger partial charge in [0.2, 0.25) is 0 Å². The summed E-state index contributed by atoms with van der Waals surface area (Å²) in [5.74, 6) is -1.28. The van der Waals surface area contributed by atoms with Gasteiger partial charge in [0, 0.05) is 7.05 Å². The normalized spacial score (nSPS) is 11.5. The van der Waals surface area contributed by atoms with Crippen LogP contribution in [0.4, 0.5) is 0 Å². The van der Waals surface area contributed by atoms with E-state index in [9.17, 15) is 13.2 Å². The highest BCUT2D eigenvalue weighted by molar-refractivity contribution is 7.89. The highest BCUT2D eigenvalue weighted by Gasteiger charge is 2.18. The van der Waals surface area contributed by atoms with Gasteiger partial charge in [-0.15, -0.1) is 0 Å². The molecule has 0 aromatic carbocycles. The fourth-order valence-corrected chi connectivity index (χ4v) is 1.77. The molecule has 0 unspecified atom stereocenters. The predicted molar refractivity (Wildman–Crippen MR) is 47.1 cm³/mol. The second-order valence-corrected chi connectivity index (χ2v) is 4.15. The van der Waals surface area contributed by atoms with Gasteiger partial charge < -0.3 is 5.11 Å². The summed E-state index contributed by atoms with van der Waals surface area (Å²) in [5.41, 5.74) is 0. The quantitative estimate of drug-likeness (QED) is 0.615. The lowest BCUT2D eigenvalue weighted by Gasteiger charge is -2.04. The van der Waals surface area contributed by atoms with Crippen LogP contribution in [0.2, 0.25) is 0 Å². The maximum absolute atomic E-state index is 11.4. The van der Waals surface area contributed by atoms with Gasteiger partial charge in [-0.05, 0) is 6.07 Å². The molecule has 0 spiro atoms. The first kappa shape index (κ1) is 11.6. The molecule has 1 aromatic rings. The van der Waals surface area contributed by atoms with Crippen molar-refractivity contribution in [3.8, 4) is 0 Å². The van der Waals surface area contributed by atoms with E-state index >= 15 is 0 Å². The summed E-state index contributed by atoms with van der Waals surface area (Å²) in [6.07, 6.45) is 1.30. The maximum Gasteiger partial charge on any atom is 0.331 e. The first-order valence-corrected chi connectivity index (χ1v) is 5.25. The van der Waals surface area contributed by atoms with Crippen LogP contribution >= 0.6 is 0 Å². The molecule has 0 saturated heterocycles. The van der Waals surface area contributed by atoms with Crippen LogP contribution in [-0.4, -0.2) is 35.9 Å². The number of nitrogens with zero attached hydrogens (tertiary/aromatic N) is 2. The van der Waals surface area contributed by atoms with Crippen molar-refractivity contribution in [1.29, 1.82) is 0 Å². The van der Waals surface area contributed by atoms with Crippen LogP contribution in [0.5, 0.6) is 0 Å². The van der Waals surface area contributed by atoms with E-state index in [1.54, 1.807) is 4.89 Å². The fourth-order valence-electron chi connectivity index (χ4n) is 0.837. The smallest absolute Gasteiger partial charge is 0.331 e. The van der Waals surface area contributed by atoms with Crippen molar-refractivity contribution in [2.45, 2.75) is 5.03 Å². The molecular formula is C6H9N3O5S. The van der Waals surface area contributed by atoms with E-state index in [-0.39, 0.29) is 5.03 Å². The molecule has 0 saturated carbocycles. The van der Waals surface area contributed by atoms with Gasteiger partial charge in [-0.1, -0.05) is 4.89 Å². The zero-order chi connectivity index (χ0) is 11.5. The molecule has 1 aromatic heterocycles. The number of rotatable bonds is 5. The standard InChI is InChI=1S/C6H9N3O5S/c1-9-5(2-3-7-9)15(12,13)8-14-4-6(10)11/h2-3,8H,4H2,1H3,(H,10,11). The van der Waals surface area contributed by atoms with E-state index in [0.717, 1.165) is 4.68 Å². The molecular weight excluding hydrogens is 226 g/mol. The average molecular weight is 235 g/mol. The molecule has 0 aliphatic rings. The summed E-state index contributed by atoms with van der Waals surface area (Å²) in [6.45, 7) is -0.753. The molecule has 0 radical (unpaired) electrons. The largest absolute Gasteiger partial charge is 0.479 e. The molecule has 1 rings (SSSR count). The third kappa shape index (κ3) is 3.01. The summed E-state index contributed by atoms with van der Waals surface area (Å²) < 4.78 is 23.9. The Kier molecular flexibility index (Phi) is 3.39. The second-order valence-electron chi connectivity index (χ2n) is 2.56. The lowest BCUT2D eigenvalue weighted by molar-refractivity contribution is -0.143. The van der Waals surface area contributed by atoms with E-state index in [0.29, 0.717) is 0 Å². The van der Waals surface area contributed by atoms with Gasteiger partial charge in [-0.25, -0.2) is 13.2 Å². The molecule has 15 heavy (non-hydrogen) atoms. The number of aliphatic carboxylic acids is 1. The molecule has 0 atom stereocenters. The SMILES string of the molecule is Cn1nccc1S(=O)(=O)NOCC(=O)O. The van der Waals surface area contributed by atoms with Crippen molar-refractivity contribution in [3.05, 3.63) is 12.3 Å². The predicted octanol–water partition coefficient (Wildman–Crippen LogP) is -1.29. The van der Waals surface area contributed by atoms with E-state index < -0.39 is 22.6 Å². The monoisotopic (exact) mass is 235 g/mol. The van der Waals surface area contributed by atoms with Crippen molar-refractivity contribution in [2.24, 2.45) is 7.05 Å². The van der Waals surface area contributed by atoms with E-state index in [4.69, 9.17) is 5.11 Å². The van der Waals surface area contributed by atoms with Crippen LogP contribution < -0.4 is 4.89 Å². The number of carboxylic acids is 1. The zero-order valence-corrected chi connectivity index (χ0v) is 8.56. The number of hydrogen-bond donors (Lipinski definition) is 2. The Labute approximate surface area is 85.5 Å². The van der Waals surface area contributed by atoms with Gasteiger partial charge >= 0.3 is 5.97 Å². The van der Waals surface area contributed by atoms with Crippen LogP contribution in [0.15, 0.2) is 17.3 Å². The van der Waals surface area contributed by atoms with Gasteiger partial charge in [0.1, 0.15) is 0 Å². The van der Waals surface area contributed by atoms with Gasteiger partial charge in [-0.2, -0.15) is 5.10 Å². The van der Waals surface area contributed by atoms with Crippen LogP contribution in [0.25, 0.3) is 0 Å². The van der Waals surface area contributed by atoms with Gasteiger partial charge in [0.05, 0.1) is 6.20 Å². The van der Waals surface area contributed by atoms with Crippen LogP contribution in [0.3, 0.4) is 0 Å². The molecule has 0 aliphatic heterocycles. The fraction of sp³-hybridized carbons (Fsp3) is 0.333. The first-order chi connectivity index (χ1) is 6.93. The van der Waals surface area contributed by atoms with Crippen molar-refractivity contribution in [2.75, 3.05) is 6.61 Å².